The molecule has 1 atom stereocenters. The lowest BCUT2D eigenvalue weighted by Crippen LogP contribution is -2.45. The van der Waals surface area contributed by atoms with Crippen molar-refractivity contribution in [3.8, 4) is 0 Å². The van der Waals surface area contributed by atoms with Gasteiger partial charge in [0.2, 0.25) is 0 Å². The lowest BCUT2D eigenvalue weighted by atomic mass is 10.1. The molecule has 0 saturated carbocycles. The maximum atomic E-state index is 9.94. The Labute approximate surface area is 87.8 Å². The van der Waals surface area contributed by atoms with Crippen molar-refractivity contribution in [1.29, 1.82) is 0 Å². The Bertz CT molecular complexity index is 176. The van der Waals surface area contributed by atoms with E-state index in [2.05, 4.69) is 18.8 Å². The molecule has 0 saturated heterocycles. The van der Waals surface area contributed by atoms with Crippen molar-refractivity contribution in [2.75, 3.05) is 33.7 Å². The molecule has 0 aliphatic heterocycles. The zero-order chi connectivity index (χ0) is 11.2. The predicted octanol–water partition coefficient (Wildman–Crippen LogP) is 0.855. The van der Waals surface area contributed by atoms with Gasteiger partial charge in [-0.2, -0.15) is 0 Å². The quantitative estimate of drug-likeness (QED) is 0.598. The van der Waals surface area contributed by atoms with Crippen molar-refractivity contribution in [3.63, 3.8) is 0 Å². The lowest BCUT2D eigenvalue weighted by molar-refractivity contribution is 0.0346. The van der Waals surface area contributed by atoms with Gasteiger partial charge < -0.3 is 15.3 Å². The third-order valence-electron chi connectivity index (χ3n) is 2.04. The lowest BCUT2D eigenvalue weighted by Gasteiger charge is -2.27. The average Bonchev–Trinajstić information content (AvgIpc) is 2.01. The fourth-order valence-corrected chi connectivity index (χ4v) is 1.37. The molecule has 0 heterocycles. The van der Waals surface area contributed by atoms with Gasteiger partial charge in [-0.3, -0.25) is 0 Å². The fourth-order valence-electron chi connectivity index (χ4n) is 1.37. The van der Waals surface area contributed by atoms with Crippen LogP contribution < -0.4 is 5.32 Å². The van der Waals surface area contributed by atoms with Gasteiger partial charge in [0.15, 0.2) is 0 Å². The molecule has 0 aromatic carbocycles. The minimum atomic E-state index is -0.669. The molecule has 0 amide bonds. The fraction of sp³-hybridized carbons (Fsp3) is 0.818. The molecule has 0 rings (SSSR count). The molecule has 1 unspecified atom stereocenters. The van der Waals surface area contributed by atoms with E-state index in [9.17, 15) is 5.11 Å². The summed E-state index contributed by atoms with van der Waals surface area (Å²) in [5.74, 6) is 0. The maximum Gasteiger partial charge on any atom is 0.0869 e. The minimum Gasteiger partial charge on any atom is -0.388 e. The molecule has 0 aromatic heterocycles. The van der Waals surface area contributed by atoms with E-state index in [1.165, 1.54) is 5.57 Å². The van der Waals surface area contributed by atoms with E-state index in [0.717, 1.165) is 13.0 Å². The van der Waals surface area contributed by atoms with Crippen LogP contribution in [0.5, 0.6) is 0 Å². The van der Waals surface area contributed by atoms with Gasteiger partial charge in [0, 0.05) is 19.6 Å². The molecular formula is C11H24N2O. The van der Waals surface area contributed by atoms with Crippen LogP contribution in [0.1, 0.15) is 20.3 Å². The summed E-state index contributed by atoms with van der Waals surface area (Å²) in [5, 5.41) is 13.1. The van der Waals surface area contributed by atoms with E-state index in [1.807, 2.05) is 25.9 Å². The van der Waals surface area contributed by atoms with Crippen LogP contribution in [0.2, 0.25) is 0 Å². The highest BCUT2D eigenvalue weighted by Crippen LogP contribution is 2.03. The van der Waals surface area contributed by atoms with Gasteiger partial charge in [0.05, 0.1) is 5.60 Å². The number of hydrogen-bond donors (Lipinski definition) is 2. The first-order valence-corrected chi connectivity index (χ1v) is 5.12. The Hall–Kier alpha value is -0.380. The summed E-state index contributed by atoms with van der Waals surface area (Å²) in [6.45, 7) is 9.88. The second-order valence-corrected chi connectivity index (χ2v) is 4.44. The summed E-state index contributed by atoms with van der Waals surface area (Å²) in [6.07, 6.45) is 0.989. The summed E-state index contributed by atoms with van der Waals surface area (Å²) in [6, 6.07) is 0. The van der Waals surface area contributed by atoms with E-state index in [-0.39, 0.29) is 0 Å². The van der Waals surface area contributed by atoms with Crippen LogP contribution in [-0.4, -0.2) is 49.3 Å². The van der Waals surface area contributed by atoms with E-state index in [0.29, 0.717) is 13.1 Å². The highest BCUT2D eigenvalue weighted by molar-refractivity contribution is 4.95. The molecule has 0 aliphatic rings. The van der Waals surface area contributed by atoms with E-state index >= 15 is 0 Å². The Balaban J connectivity index is 3.70. The molecule has 3 heteroatoms. The summed E-state index contributed by atoms with van der Waals surface area (Å²) >= 11 is 0. The highest BCUT2D eigenvalue weighted by atomic mass is 16.3. The highest BCUT2D eigenvalue weighted by Gasteiger charge is 2.20. The van der Waals surface area contributed by atoms with Gasteiger partial charge in [-0.1, -0.05) is 19.1 Å². The number of rotatable bonds is 7. The number of aliphatic hydroxyl groups is 1. The summed E-state index contributed by atoms with van der Waals surface area (Å²) in [4.78, 5) is 1.98. The Morgan fingerprint density at radius 3 is 2.50 bits per heavy atom. The van der Waals surface area contributed by atoms with Crippen molar-refractivity contribution >= 4 is 0 Å². The van der Waals surface area contributed by atoms with E-state index < -0.39 is 5.60 Å². The number of nitrogens with one attached hydrogen (secondary N) is 1. The molecule has 0 radical (unpaired) electrons. The van der Waals surface area contributed by atoms with Crippen molar-refractivity contribution in [1.82, 2.24) is 10.2 Å². The molecule has 84 valence electrons. The predicted molar refractivity (Wildman–Crippen MR) is 61.5 cm³/mol. The summed E-state index contributed by atoms with van der Waals surface area (Å²) in [7, 11) is 3.92. The summed E-state index contributed by atoms with van der Waals surface area (Å²) in [5.41, 5.74) is 0.503. The van der Waals surface area contributed by atoms with Crippen molar-refractivity contribution in [2.24, 2.45) is 0 Å². The Kier molecular flexibility index (Phi) is 6.00. The molecule has 0 fully saturated rings. The van der Waals surface area contributed by atoms with Crippen LogP contribution in [0.25, 0.3) is 0 Å². The van der Waals surface area contributed by atoms with Crippen LogP contribution in [0, 0.1) is 0 Å². The van der Waals surface area contributed by atoms with Gasteiger partial charge in [0.25, 0.3) is 0 Å². The number of nitrogens with zero attached hydrogens (tertiary/aromatic N) is 1. The molecule has 0 bridgehead atoms. The van der Waals surface area contributed by atoms with Crippen LogP contribution in [0.4, 0.5) is 0 Å². The zero-order valence-electron chi connectivity index (χ0n) is 9.93. The SMILES string of the molecule is C=C(CC)CNCC(C)(O)CN(C)C. The normalized spacial score (nSPS) is 15.6. The van der Waals surface area contributed by atoms with Gasteiger partial charge in [-0.15, -0.1) is 0 Å². The summed E-state index contributed by atoms with van der Waals surface area (Å²) < 4.78 is 0. The van der Waals surface area contributed by atoms with Crippen LogP contribution in [0.3, 0.4) is 0 Å². The monoisotopic (exact) mass is 200 g/mol. The molecule has 14 heavy (non-hydrogen) atoms. The first-order chi connectivity index (χ1) is 6.37. The van der Waals surface area contributed by atoms with Crippen molar-refractivity contribution < 1.29 is 5.11 Å². The van der Waals surface area contributed by atoms with Gasteiger partial charge in [0.1, 0.15) is 0 Å². The number of likely N-dealkylation sites (N-methyl/N-ethyl adjacent to an activating group) is 1. The van der Waals surface area contributed by atoms with Crippen LogP contribution in [0.15, 0.2) is 12.2 Å². The van der Waals surface area contributed by atoms with Crippen molar-refractivity contribution in [3.05, 3.63) is 12.2 Å². The van der Waals surface area contributed by atoms with Gasteiger partial charge >= 0.3 is 0 Å². The average molecular weight is 200 g/mol. The van der Waals surface area contributed by atoms with Crippen molar-refractivity contribution in [2.45, 2.75) is 25.9 Å². The molecule has 0 aromatic rings. The minimum absolute atomic E-state index is 0.601. The standard InChI is InChI=1S/C11H24N2O/c1-6-10(2)7-12-8-11(3,14)9-13(4)5/h12,14H,2,6-9H2,1,3-5H3. The topological polar surface area (TPSA) is 35.5 Å². The van der Waals surface area contributed by atoms with E-state index in [1.54, 1.807) is 0 Å². The third-order valence-corrected chi connectivity index (χ3v) is 2.04. The first kappa shape index (κ1) is 13.6. The van der Waals surface area contributed by atoms with Gasteiger partial charge in [-0.25, -0.2) is 0 Å². The van der Waals surface area contributed by atoms with Crippen LogP contribution in [-0.2, 0) is 0 Å². The van der Waals surface area contributed by atoms with E-state index in [4.69, 9.17) is 0 Å². The Morgan fingerprint density at radius 2 is 2.07 bits per heavy atom. The molecule has 0 aliphatic carbocycles. The molecule has 0 spiro atoms. The molecular weight excluding hydrogens is 176 g/mol. The zero-order valence-corrected chi connectivity index (χ0v) is 9.93. The maximum absolute atomic E-state index is 9.94. The smallest absolute Gasteiger partial charge is 0.0869 e. The second kappa shape index (κ2) is 6.17. The Morgan fingerprint density at radius 1 is 1.50 bits per heavy atom. The second-order valence-electron chi connectivity index (χ2n) is 4.44. The largest absolute Gasteiger partial charge is 0.388 e. The van der Waals surface area contributed by atoms with Gasteiger partial charge in [-0.05, 0) is 27.4 Å². The third kappa shape index (κ3) is 7.06. The van der Waals surface area contributed by atoms with Crippen LogP contribution >= 0.6 is 0 Å². The first-order valence-electron chi connectivity index (χ1n) is 5.12. The number of hydrogen-bond acceptors (Lipinski definition) is 3. The molecule has 3 nitrogen and oxygen atoms in total. The molecule has 2 N–H and O–H groups in total.